The summed E-state index contributed by atoms with van der Waals surface area (Å²) in [6.45, 7) is 1.92. The van der Waals surface area contributed by atoms with Crippen LogP contribution in [0.15, 0.2) is 23.1 Å². The van der Waals surface area contributed by atoms with Crippen LogP contribution in [0.2, 0.25) is 0 Å². The summed E-state index contributed by atoms with van der Waals surface area (Å²) in [6, 6.07) is 4.96. The fraction of sp³-hybridized carbons (Fsp3) is 0.417. The standard InChI is InChI=1S/C12H15F3N2OS.ClH/c1-8-3-4-10(19-7-12(13,14)15)9(5-8)17-11(18)6-16-2;/h3-5,16H,6-7H2,1-2H3,(H,17,18);1H. The number of carbonyl (C=O) groups excluding carboxylic acids is 1. The topological polar surface area (TPSA) is 41.1 Å². The van der Waals surface area contributed by atoms with Gasteiger partial charge in [0.1, 0.15) is 0 Å². The van der Waals surface area contributed by atoms with Crippen molar-refractivity contribution in [2.75, 3.05) is 24.7 Å². The minimum Gasteiger partial charge on any atom is -0.324 e. The Kier molecular flexibility index (Phi) is 8.00. The van der Waals surface area contributed by atoms with Crippen molar-refractivity contribution in [2.45, 2.75) is 18.0 Å². The summed E-state index contributed by atoms with van der Waals surface area (Å²) >= 11 is 0.663. The number of thioether (sulfide) groups is 1. The molecule has 1 amide bonds. The van der Waals surface area contributed by atoms with E-state index in [1.807, 2.05) is 6.92 Å². The quantitative estimate of drug-likeness (QED) is 0.815. The lowest BCUT2D eigenvalue weighted by Crippen LogP contribution is -2.25. The number of anilines is 1. The van der Waals surface area contributed by atoms with Crippen LogP contribution >= 0.6 is 24.2 Å². The van der Waals surface area contributed by atoms with Crippen molar-refractivity contribution in [3.8, 4) is 0 Å². The van der Waals surface area contributed by atoms with E-state index in [4.69, 9.17) is 0 Å². The number of likely N-dealkylation sites (N-methyl/N-ethyl adjacent to an activating group) is 1. The van der Waals surface area contributed by atoms with Gasteiger partial charge in [-0.1, -0.05) is 6.07 Å². The molecule has 114 valence electrons. The van der Waals surface area contributed by atoms with E-state index < -0.39 is 11.9 Å². The van der Waals surface area contributed by atoms with Gasteiger partial charge in [0.15, 0.2) is 0 Å². The number of amides is 1. The molecule has 0 spiro atoms. The summed E-state index contributed by atoms with van der Waals surface area (Å²) in [5.74, 6) is -1.27. The average molecular weight is 329 g/mol. The molecule has 0 saturated heterocycles. The van der Waals surface area contributed by atoms with Gasteiger partial charge in [0, 0.05) is 4.90 Å². The van der Waals surface area contributed by atoms with Crippen LogP contribution < -0.4 is 10.6 Å². The lowest BCUT2D eigenvalue weighted by Gasteiger charge is -2.12. The van der Waals surface area contributed by atoms with Crippen molar-refractivity contribution in [1.29, 1.82) is 0 Å². The monoisotopic (exact) mass is 328 g/mol. The highest BCUT2D eigenvalue weighted by Crippen LogP contribution is 2.32. The molecule has 0 saturated carbocycles. The smallest absolute Gasteiger partial charge is 0.324 e. The average Bonchev–Trinajstić information content (AvgIpc) is 2.27. The Morgan fingerprint density at radius 1 is 1.35 bits per heavy atom. The Morgan fingerprint density at radius 2 is 2.00 bits per heavy atom. The molecule has 0 radical (unpaired) electrons. The molecule has 0 bridgehead atoms. The maximum absolute atomic E-state index is 12.2. The number of halogens is 4. The number of rotatable bonds is 5. The van der Waals surface area contributed by atoms with Crippen molar-refractivity contribution >= 4 is 35.8 Å². The van der Waals surface area contributed by atoms with Crippen LogP contribution in [0.5, 0.6) is 0 Å². The van der Waals surface area contributed by atoms with Crippen molar-refractivity contribution in [3.05, 3.63) is 23.8 Å². The second-order valence-corrected chi connectivity index (χ2v) is 5.00. The van der Waals surface area contributed by atoms with Crippen LogP contribution in [0, 0.1) is 6.92 Å². The highest BCUT2D eigenvalue weighted by atomic mass is 35.5. The molecule has 8 heteroatoms. The van der Waals surface area contributed by atoms with E-state index in [1.165, 1.54) is 0 Å². The molecule has 0 unspecified atom stereocenters. The van der Waals surface area contributed by atoms with Crippen LogP contribution in [0.4, 0.5) is 18.9 Å². The van der Waals surface area contributed by atoms with Crippen molar-refractivity contribution in [3.63, 3.8) is 0 Å². The van der Waals surface area contributed by atoms with Gasteiger partial charge >= 0.3 is 6.18 Å². The van der Waals surface area contributed by atoms with Gasteiger partial charge in [0.25, 0.3) is 0 Å². The van der Waals surface area contributed by atoms with Crippen molar-refractivity contribution in [2.24, 2.45) is 0 Å². The maximum Gasteiger partial charge on any atom is 0.398 e. The summed E-state index contributed by atoms with van der Waals surface area (Å²) in [5.41, 5.74) is 1.28. The van der Waals surface area contributed by atoms with E-state index in [1.54, 1.807) is 25.2 Å². The molecule has 20 heavy (non-hydrogen) atoms. The van der Waals surface area contributed by atoms with Gasteiger partial charge in [-0.25, -0.2) is 0 Å². The Hall–Kier alpha value is -0.920. The number of alkyl halides is 3. The molecular formula is C12H16ClF3N2OS. The summed E-state index contributed by atoms with van der Waals surface area (Å²) in [6.07, 6.45) is -4.23. The highest BCUT2D eigenvalue weighted by Gasteiger charge is 2.27. The molecule has 0 fully saturated rings. The first-order chi connectivity index (χ1) is 8.81. The van der Waals surface area contributed by atoms with Crippen LogP contribution in [0.1, 0.15) is 5.56 Å². The maximum atomic E-state index is 12.2. The minimum absolute atomic E-state index is 0. The molecule has 2 N–H and O–H groups in total. The predicted molar refractivity (Wildman–Crippen MR) is 77.8 cm³/mol. The van der Waals surface area contributed by atoms with Crippen molar-refractivity contribution in [1.82, 2.24) is 5.32 Å². The van der Waals surface area contributed by atoms with E-state index in [0.29, 0.717) is 22.3 Å². The van der Waals surface area contributed by atoms with Crippen LogP contribution in [-0.4, -0.2) is 31.4 Å². The third-order valence-corrected chi connectivity index (χ3v) is 3.28. The third-order valence-electron chi connectivity index (χ3n) is 2.14. The van der Waals surface area contributed by atoms with Gasteiger partial charge in [-0.05, 0) is 31.7 Å². The van der Waals surface area contributed by atoms with Crippen molar-refractivity contribution < 1.29 is 18.0 Å². The number of benzene rings is 1. The predicted octanol–water partition coefficient (Wildman–Crippen LogP) is 3.23. The fourth-order valence-corrected chi connectivity index (χ4v) is 2.13. The highest BCUT2D eigenvalue weighted by molar-refractivity contribution is 7.99. The zero-order valence-electron chi connectivity index (χ0n) is 11.0. The van der Waals surface area contributed by atoms with Gasteiger partial charge in [0.2, 0.25) is 5.91 Å². The SMILES string of the molecule is CNCC(=O)Nc1cc(C)ccc1SCC(F)(F)F.Cl. The second-order valence-electron chi connectivity index (χ2n) is 3.98. The number of hydrogen-bond donors (Lipinski definition) is 2. The number of hydrogen-bond acceptors (Lipinski definition) is 3. The molecule has 0 atom stereocenters. The lowest BCUT2D eigenvalue weighted by molar-refractivity contribution is -0.115. The molecule has 0 aliphatic rings. The van der Waals surface area contributed by atoms with Crippen LogP contribution in [0.25, 0.3) is 0 Å². The normalized spacial score (nSPS) is 10.8. The van der Waals surface area contributed by atoms with E-state index in [9.17, 15) is 18.0 Å². The Balaban J connectivity index is 0.00000361. The number of nitrogens with one attached hydrogen (secondary N) is 2. The molecule has 1 aromatic carbocycles. The summed E-state index contributed by atoms with van der Waals surface area (Å²) in [4.78, 5) is 11.9. The molecule has 0 aliphatic carbocycles. The first-order valence-corrected chi connectivity index (χ1v) is 6.55. The molecule has 0 heterocycles. The Bertz CT molecular complexity index is 455. The van der Waals surface area contributed by atoms with Gasteiger partial charge in [0.05, 0.1) is 18.0 Å². The number of carbonyl (C=O) groups is 1. The molecular weight excluding hydrogens is 313 g/mol. The Morgan fingerprint density at radius 3 is 2.55 bits per heavy atom. The van der Waals surface area contributed by atoms with Gasteiger partial charge in [-0.15, -0.1) is 24.2 Å². The van der Waals surface area contributed by atoms with E-state index in [0.717, 1.165) is 5.56 Å². The van der Waals surface area contributed by atoms with E-state index in [-0.39, 0.29) is 24.9 Å². The molecule has 0 aromatic heterocycles. The summed E-state index contributed by atoms with van der Waals surface area (Å²) in [7, 11) is 1.62. The third kappa shape index (κ3) is 7.02. The second kappa shape index (κ2) is 8.39. The molecule has 1 aromatic rings. The largest absolute Gasteiger partial charge is 0.398 e. The molecule has 3 nitrogen and oxygen atoms in total. The lowest BCUT2D eigenvalue weighted by atomic mass is 10.2. The minimum atomic E-state index is -4.23. The van der Waals surface area contributed by atoms with Gasteiger partial charge in [-0.2, -0.15) is 13.2 Å². The van der Waals surface area contributed by atoms with Crippen LogP contribution in [-0.2, 0) is 4.79 Å². The zero-order valence-corrected chi connectivity index (χ0v) is 12.6. The first kappa shape index (κ1) is 19.1. The summed E-state index contributed by atoms with van der Waals surface area (Å²) < 4.78 is 36.7. The Labute approximate surface area is 126 Å². The first-order valence-electron chi connectivity index (χ1n) is 5.56. The zero-order chi connectivity index (χ0) is 14.5. The summed E-state index contributed by atoms with van der Waals surface area (Å²) in [5, 5.41) is 5.28. The van der Waals surface area contributed by atoms with Gasteiger partial charge < -0.3 is 10.6 Å². The van der Waals surface area contributed by atoms with Gasteiger partial charge in [-0.3, -0.25) is 4.79 Å². The van der Waals surface area contributed by atoms with E-state index in [2.05, 4.69) is 10.6 Å². The number of aryl methyl sites for hydroxylation is 1. The molecule has 0 aliphatic heterocycles. The fourth-order valence-electron chi connectivity index (χ4n) is 1.38. The van der Waals surface area contributed by atoms with E-state index >= 15 is 0 Å². The molecule has 1 rings (SSSR count). The van der Waals surface area contributed by atoms with Crippen LogP contribution in [0.3, 0.4) is 0 Å².